The molecular formula is C23H18Cl2N6O3. The molecule has 2 heterocycles. The lowest BCUT2D eigenvalue weighted by Crippen LogP contribution is -2.34. The van der Waals surface area contributed by atoms with Gasteiger partial charge < -0.3 is 14.6 Å². The average Bonchev–Trinajstić information content (AvgIpc) is 3.55. The maximum Gasteiger partial charge on any atom is 0.326 e. The molecule has 9 nitrogen and oxygen atoms in total. The van der Waals surface area contributed by atoms with E-state index >= 15 is 0 Å². The molecule has 1 aliphatic carbocycles. The predicted molar refractivity (Wildman–Crippen MR) is 128 cm³/mol. The molecule has 0 aliphatic heterocycles. The van der Waals surface area contributed by atoms with Gasteiger partial charge in [-0.2, -0.15) is 4.98 Å². The highest BCUT2D eigenvalue weighted by Gasteiger charge is 2.23. The van der Waals surface area contributed by atoms with Crippen molar-refractivity contribution >= 4 is 52.0 Å². The minimum Gasteiger partial charge on any atom is -0.437 e. The number of amides is 3. The molecule has 0 radical (unpaired) electrons. The number of urea groups is 1. The summed E-state index contributed by atoms with van der Waals surface area (Å²) in [5, 5.41) is 5.37. The molecule has 0 spiro atoms. The third-order valence-corrected chi connectivity index (χ3v) is 5.99. The number of rotatable bonds is 6. The highest BCUT2D eigenvalue weighted by molar-refractivity contribution is 6.42. The molecule has 11 heteroatoms. The lowest BCUT2D eigenvalue weighted by molar-refractivity contribution is 0.0967. The lowest BCUT2D eigenvalue weighted by atomic mass is 10.2. The number of carbonyl (C=O) groups excluding carboxylic acids is 2. The molecule has 0 saturated heterocycles. The van der Waals surface area contributed by atoms with Crippen LogP contribution in [0.2, 0.25) is 10.0 Å². The smallest absolute Gasteiger partial charge is 0.326 e. The SMILES string of the molecule is O=C(NC(=O)c1ccc(Cl)c(Cl)c1)Nc1ccc(Oc2ncnc3c2ncn3CC2CC2)cc1. The minimum absolute atomic E-state index is 0.212. The Labute approximate surface area is 204 Å². The standard InChI is InChI=1S/C23H18Cl2N6O3/c24-17-8-3-14(9-18(17)25)21(32)30-23(33)29-15-4-6-16(7-5-15)34-22-19-20(26-11-27-22)31(12-28-19)10-13-1-2-13/h3-9,11-13H,1-2,10H2,(H2,29,30,32,33). The molecule has 2 aromatic heterocycles. The molecule has 3 amide bonds. The van der Waals surface area contributed by atoms with Gasteiger partial charge in [-0.25, -0.2) is 14.8 Å². The molecule has 0 bridgehead atoms. The van der Waals surface area contributed by atoms with Gasteiger partial charge in [0.25, 0.3) is 11.8 Å². The summed E-state index contributed by atoms with van der Waals surface area (Å²) in [4.78, 5) is 37.4. The number of imide groups is 1. The van der Waals surface area contributed by atoms with Gasteiger partial charge in [-0.1, -0.05) is 23.2 Å². The molecule has 0 atom stereocenters. The van der Waals surface area contributed by atoms with Gasteiger partial charge in [-0.3, -0.25) is 10.1 Å². The minimum atomic E-state index is -0.691. The number of imidazole rings is 1. The quantitative estimate of drug-likeness (QED) is 0.374. The first-order valence-corrected chi connectivity index (χ1v) is 11.2. The highest BCUT2D eigenvalue weighted by atomic mass is 35.5. The van der Waals surface area contributed by atoms with Crippen molar-refractivity contribution in [3.05, 3.63) is 70.7 Å². The van der Waals surface area contributed by atoms with Crippen molar-refractivity contribution in [2.24, 2.45) is 5.92 Å². The van der Waals surface area contributed by atoms with E-state index in [4.69, 9.17) is 27.9 Å². The summed E-state index contributed by atoms with van der Waals surface area (Å²) in [7, 11) is 0. The summed E-state index contributed by atoms with van der Waals surface area (Å²) >= 11 is 11.8. The second-order valence-corrected chi connectivity index (χ2v) is 8.67. The summed E-state index contributed by atoms with van der Waals surface area (Å²) in [5.74, 6) is 0.943. The van der Waals surface area contributed by atoms with Crippen LogP contribution in [-0.2, 0) is 6.54 Å². The van der Waals surface area contributed by atoms with Gasteiger partial charge in [-0.15, -0.1) is 0 Å². The van der Waals surface area contributed by atoms with Crippen LogP contribution in [0.3, 0.4) is 0 Å². The van der Waals surface area contributed by atoms with Gasteiger partial charge in [-0.05, 0) is 61.2 Å². The molecule has 1 aliphatic rings. The number of hydrogen-bond donors (Lipinski definition) is 2. The maximum atomic E-state index is 12.2. The zero-order chi connectivity index (χ0) is 23.7. The molecule has 34 heavy (non-hydrogen) atoms. The fraction of sp³-hybridized carbons (Fsp3) is 0.174. The molecule has 1 fully saturated rings. The van der Waals surface area contributed by atoms with E-state index in [0.29, 0.717) is 33.8 Å². The number of halogens is 2. The van der Waals surface area contributed by atoms with Crippen LogP contribution >= 0.6 is 23.2 Å². The number of ether oxygens (including phenoxy) is 1. The van der Waals surface area contributed by atoms with Crippen LogP contribution in [0.15, 0.2) is 55.1 Å². The first-order chi connectivity index (χ1) is 16.5. The molecule has 172 valence electrons. The second-order valence-electron chi connectivity index (χ2n) is 7.85. The summed E-state index contributed by atoms with van der Waals surface area (Å²) in [6.07, 6.45) is 5.68. The largest absolute Gasteiger partial charge is 0.437 e. The van der Waals surface area contributed by atoms with Crippen molar-refractivity contribution in [3.8, 4) is 11.6 Å². The fourth-order valence-electron chi connectivity index (χ4n) is 3.34. The van der Waals surface area contributed by atoms with Crippen molar-refractivity contribution in [1.29, 1.82) is 0 Å². The van der Waals surface area contributed by atoms with Gasteiger partial charge in [0, 0.05) is 17.8 Å². The number of benzene rings is 2. The van der Waals surface area contributed by atoms with E-state index in [0.717, 1.165) is 12.2 Å². The molecule has 2 aromatic carbocycles. The van der Waals surface area contributed by atoms with Crippen LogP contribution in [0.5, 0.6) is 11.6 Å². The first-order valence-electron chi connectivity index (χ1n) is 10.5. The Balaban J connectivity index is 1.21. The van der Waals surface area contributed by atoms with Crippen molar-refractivity contribution in [2.45, 2.75) is 19.4 Å². The summed E-state index contributed by atoms with van der Waals surface area (Å²) < 4.78 is 7.92. The van der Waals surface area contributed by atoms with E-state index in [2.05, 4.69) is 25.6 Å². The molecule has 0 unspecified atom stereocenters. The van der Waals surface area contributed by atoms with Crippen molar-refractivity contribution in [2.75, 3.05) is 5.32 Å². The molecule has 4 aromatic rings. The van der Waals surface area contributed by atoms with Crippen molar-refractivity contribution < 1.29 is 14.3 Å². The zero-order valence-corrected chi connectivity index (χ0v) is 19.2. The van der Waals surface area contributed by atoms with Gasteiger partial charge in [0.05, 0.1) is 16.4 Å². The number of anilines is 1. The van der Waals surface area contributed by atoms with E-state index in [1.54, 1.807) is 30.6 Å². The number of nitrogens with zero attached hydrogens (tertiary/aromatic N) is 4. The van der Waals surface area contributed by atoms with Gasteiger partial charge in [0.1, 0.15) is 12.1 Å². The Morgan fingerprint density at radius 2 is 1.82 bits per heavy atom. The Morgan fingerprint density at radius 1 is 1.03 bits per heavy atom. The third kappa shape index (κ3) is 4.95. The second kappa shape index (κ2) is 9.28. The van der Waals surface area contributed by atoms with E-state index in [1.165, 1.54) is 37.4 Å². The van der Waals surface area contributed by atoms with Crippen LogP contribution in [0.25, 0.3) is 11.2 Å². The Bertz CT molecular complexity index is 1390. The fourth-order valence-corrected chi connectivity index (χ4v) is 3.64. The van der Waals surface area contributed by atoms with Crippen molar-refractivity contribution in [1.82, 2.24) is 24.8 Å². The number of aromatic nitrogens is 4. The summed E-state index contributed by atoms with van der Waals surface area (Å²) in [5.41, 5.74) is 2.00. The Kier molecular flexibility index (Phi) is 6.04. The van der Waals surface area contributed by atoms with Gasteiger partial charge in [0.2, 0.25) is 0 Å². The van der Waals surface area contributed by atoms with Crippen LogP contribution in [0.4, 0.5) is 10.5 Å². The highest BCUT2D eigenvalue weighted by Crippen LogP contribution is 2.32. The zero-order valence-electron chi connectivity index (χ0n) is 17.7. The predicted octanol–water partition coefficient (Wildman–Crippen LogP) is 5.30. The number of nitrogens with one attached hydrogen (secondary N) is 2. The van der Waals surface area contributed by atoms with Gasteiger partial charge in [0.15, 0.2) is 11.2 Å². The summed E-state index contributed by atoms with van der Waals surface area (Å²) in [6, 6.07) is 10.3. The van der Waals surface area contributed by atoms with E-state index < -0.39 is 11.9 Å². The molecular weight excluding hydrogens is 479 g/mol. The Hall–Kier alpha value is -3.69. The van der Waals surface area contributed by atoms with Crippen molar-refractivity contribution in [3.63, 3.8) is 0 Å². The summed E-state index contributed by atoms with van der Waals surface area (Å²) in [6.45, 7) is 0.892. The van der Waals surface area contributed by atoms with E-state index in [-0.39, 0.29) is 10.6 Å². The van der Waals surface area contributed by atoms with Crippen LogP contribution in [0.1, 0.15) is 23.2 Å². The third-order valence-electron chi connectivity index (χ3n) is 5.26. The monoisotopic (exact) mass is 496 g/mol. The molecule has 5 rings (SSSR count). The number of fused-ring (bicyclic) bond motifs is 1. The van der Waals surface area contributed by atoms with E-state index in [9.17, 15) is 9.59 Å². The van der Waals surface area contributed by atoms with Crippen LogP contribution in [-0.4, -0.2) is 31.5 Å². The maximum absolute atomic E-state index is 12.2. The van der Waals surface area contributed by atoms with Crippen LogP contribution < -0.4 is 15.4 Å². The average molecular weight is 497 g/mol. The normalized spacial score (nSPS) is 13.0. The lowest BCUT2D eigenvalue weighted by Gasteiger charge is -2.09. The van der Waals surface area contributed by atoms with E-state index in [1.807, 2.05) is 4.57 Å². The molecule has 2 N–H and O–H groups in total. The molecule has 1 saturated carbocycles. The number of carbonyl (C=O) groups is 2. The first kappa shape index (κ1) is 22.1. The van der Waals surface area contributed by atoms with Crippen LogP contribution in [0, 0.1) is 5.92 Å². The topological polar surface area (TPSA) is 111 Å². The Morgan fingerprint density at radius 3 is 2.56 bits per heavy atom. The number of hydrogen-bond acceptors (Lipinski definition) is 6. The van der Waals surface area contributed by atoms with Gasteiger partial charge >= 0.3 is 6.03 Å².